The van der Waals surface area contributed by atoms with Crippen molar-refractivity contribution in [1.29, 1.82) is 0 Å². The van der Waals surface area contributed by atoms with Crippen molar-refractivity contribution in [3.63, 3.8) is 0 Å². The van der Waals surface area contributed by atoms with Crippen LogP contribution in [0.15, 0.2) is 77.7 Å². The van der Waals surface area contributed by atoms with Crippen LogP contribution in [-0.2, 0) is 11.3 Å². The Morgan fingerprint density at radius 3 is 2.55 bits per heavy atom. The third-order valence-electron chi connectivity index (χ3n) is 7.64. The van der Waals surface area contributed by atoms with Gasteiger partial charge in [0, 0.05) is 0 Å². The number of nitrogens with zero attached hydrogens (tertiary/aromatic N) is 1. The van der Waals surface area contributed by atoms with Gasteiger partial charge in [0.1, 0.15) is 0 Å². The second kappa shape index (κ2) is 11.6. The molecular weight excluding hydrogens is 587 g/mol. The molecule has 0 bridgehead atoms. The number of hydrogen-bond donors (Lipinski definition) is 3. The van der Waals surface area contributed by atoms with E-state index in [1.165, 1.54) is 18.3 Å². The number of carbonyl (C=O) groups excluding carboxylic acids is 1. The van der Waals surface area contributed by atoms with E-state index in [1.54, 1.807) is 0 Å². The number of pyridine rings is 1. The molecule has 1 amide bonds. The van der Waals surface area contributed by atoms with E-state index in [4.69, 9.17) is 0 Å². The summed E-state index contributed by atoms with van der Waals surface area (Å²) in [4.78, 5) is 31.6. The van der Waals surface area contributed by atoms with E-state index >= 15 is 0 Å². The van der Waals surface area contributed by atoms with E-state index < -0.39 is 19.8 Å². The monoisotopic (exact) mass is 624 g/mol. The van der Waals surface area contributed by atoms with Crippen LogP contribution in [0.25, 0.3) is 5.57 Å². The molecule has 0 spiro atoms. The minimum absolute atomic E-state index is 0.112. The molecule has 5 rings (SSSR count). The van der Waals surface area contributed by atoms with Crippen LogP contribution in [0.1, 0.15) is 36.2 Å². The van der Waals surface area contributed by atoms with Crippen LogP contribution < -0.4 is 16.2 Å². The van der Waals surface area contributed by atoms with Crippen LogP contribution in [0.2, 0.25) is 0 Å². The number of aromatic nitrogens is 1. The van der Waals surface area contributed by atoms with Gasteiger partial charge in [0.25, 0.3) is 0 Å². The van der Waals surface area contributed by atoms with Crippen LogP contribution in [-0.4, -0.2) is 52.4 Å². The first-order valence-corrected chi connectivity index (χ1v) is 17.0. The van der Waals surface area contributed by atoms with E-state index in [1.807, 2.05) is 26.0 Å². The fraction of sp³-hybridized carbons (Fsp3) is 0.355. The number of piperazine rings is 1. The summed E-state index contributed by atoms with van der Waals surface area (Å²) in [6, 6.07) is 12.7. The SMILES string of the molecule is CC1=C(C(C)N2CCNCC2)I2CC=C(c3ccccc3)C=C2C=C1C(=O)NCc1c(C)cc(C)[nH]c1=O. The molecule has 1 unspecified atom stereocenters. The Hall–Kier alpha value is -2.75. The molecule has 1 atom stereocenters. The van der Waals surface area contributed by atoms with Crippen LogP contribution in [0.3, 0.4) is 0 Å². The average Bonchev–Trinajstić information content (AvgIpc) is 2.92. The van der Waals surface area contributed by atoms with Gasteiger partial charge in [-0.15, -0.1) is 0 Å². The zero-order valence-electron chi connectivity index (χ0n) is 22.7. The molecule has 3 N–H and O–H groups in total. The minimum atomic E-state index is -1.71. The number of allylic oxidation sites excluding steroid dienone is 5. The van der Waals surface area contributed by atoms with Crippen molar-refractivity contribution in [2.24, 2.45) is 0 Å². The summed E-state index contributed by atoms with van der Waals surface area (Å²) < 4.78 is 3.90. The summed E-state index contributed by atoms with van der Waals surface area (Å²) in [6.07, 6.45) is 6.88. The van der Waals surface area contributed by atoms with Gasteiger partial charge in [-0.3, -0.25) is 0 Å². The number of hydrogen-bond acceptors (Lipinski definition) is 4. The molecule has 6 nitrogen and oxygen atoms in total. The molecule has 38 heavy (non-hydrogen) atoms. The van der Waals surface area contributed by atoms with Crippen molar-refractivity contribution in [2.75, 3.05) is 30.6 Å². The van der Waals surface area contributed by atoms with Crippen molar-refractivity contribution in [2.45, 2.75) is 40.3 Å². The first-order valence-electron chi connectivity index (χ1n) is 13.3. The number of fused-ring (bicyclic) bond motifs is 1. The van der Waals surface area contributed by atoms with Gasteiger partial charge in [0.2, 0.25) is 0 Å². The van der Waals surface area contributed by atoms with Crippen molar-refractivity contribution in [3.8, 4) is 0 Å². The van der Waals surface area contributed by atoms with Crippen molar-refractivity contribution in [1.82, 2.24) is 20.5 Å². The zero-order valence-corrected chi connectivity index (χ0v) is 24.8. The Morgan fingerprint density at radius 1 is 1.11 bits per heavy atom. The summed E-state index contributed by atoms with van der Waals surface area (Å²) in [6.45, 7) is 12.5. The molecule has 1 aromatic heterocycles. The molecule has 1 aromatic carbocycles. The molecule has 4 heterocycles. The Bertz CT molecular complexity index is 1410. The fourth-order valence-electron chi connectivity index (χ4n) is 5.54. The van der Waals surface area contributed by atoms with Crippen LogP contribution in [0.5, 0.6) is 0 Å². The van der Waals surface area contributed by atoms with Gasteiger partial charge < -0.3 is 0 Å². The normalized spacial score (nSPS) is 19.8. The van der Waals surface area contributed by atoms with Crippen LogP contribution in [0, 0.1) is 13.8 Å². The van der Waals surface area contributed by atoms with Crippen molar-refractivity contribution < 1.29 is 4.79 Å². The number of alkyl halides is 1. The summed E-state index contributed by atoms with van der Waals surface area (Å²) in [7, 11) is 0. The molecule has 7 heteroatoms. The van der Waals surface area contributed by atoms with E-state index in [0.717, 1.165) is 53.0 Å². The Morgan fingerprint density at radius 2 is 1.84 bits per heavy atom. The Balaban J connectivity index is 1.49. The van der Waals surface area contributed by atoms with Gasteiger partial charge in [0.15, 0.2) is 0 Å². The molecule has 0 saturated carbocycles. The number of amides is 1. The van der Waals surface area contributed by atoms with Gasteiger partial charge >= 0.3 is 233 Å². The number of carbonyl (C=O) groups is 1. The van der Waals surface area contributed by atoms with E-state index in [9.17, 15) is 9.59 Å². The van der Waals surface area contributed by atoms with Gasteiger partial charge in [-0.25, -0.2) is 0 Å². The second-order valence-electron chi connectivity index (χ2n) is 10.2. The van der Waals surface area contributed by atoms with Crippen molar-refractivity contribution in [3.05, 3.63) is 106 Å². The van der Waals surface area contributed by atoms with Crippen LogP contribution >= 0.6 is 19.8 Å². The molecule has 200 valence electrons. The predicted octanol–water partition coefficient (Wildman–Crippen LogP) is 4.60. The fourth-order valence-corrected chi connectivity index (χ4v) is 12.3. The molecule has 3 aliphatic heterocycles. The van der Waals surface area contributed by atoms with E-state index in [2.05, 4.69) is 76.9 Å². The third-order valence-corrected chi connectivity index (χ3v) is 14.2. The number of benzene rings is 1. The number of aromatic amines is 1. The zero-order chi connectivity index (χ0) is 26.8. The average molecular weight is 625 g/mol. The second-order valence-corrected chi connectivity index (χ2v) is 15.5. The summed E-state index contributed by atoms with van der Waals surface area (Å²) >= 11 is -1.71. The molecule has 1 saturated heterocycles. The number of H-pyrrole nitrogens is 1. The first-order chi connectivity index (χ1) is 18.3. The maximum atomic E-state index is 13.7. The van der Waals surface area contributed by atoms with Gasteiger partial charge in [-0.1, -0.05) is 0 Å². The van der Waals surface area contributed by atoms with Gasteiger partial charge in [0.05, 0.1) is 0 Å². The number of halogens is 1. The number of rotatable bonds is 6. The maximum absolute atomic E-state index is 13.7. The third kappa shape index (κ3) is 5.51. The Labute approximate surface area is 232 Å². The quantitative estimate of drug-likeness (QED) is 0.325. The molecule has 0 radical (unpaired) electrons. The summed E-state index contributed by atoms with van der Waals surface area (Å²) in [5, 5.41) is 6.53. The van der Waals surface area contributed by atoms with Crippen LogP contribution in [0.4, 0.5) is 0 Å². The number of aryl methyl sites for hydroxylation is 2. The summed E-state index contributed by atoms with van der Waals surface area (Å²) in [5.41, 5.74) is 6.50. The first kappa shape index (κ1) is 26.8. The topological polar surface area (TPSA) is 77.2 Å². The standard InChI is InChI=1S/C31H37IN4O2/c1-20-16-21(2)35-31(38)28(20)19-34-30(37)27-18-26-17-25(24-8-6-5-7-9-24)10-11-32(26)29(22(27)3)23(4)36-14-12-33-13-15-36/h5-10,16-18,23,33H,11-15,19H2,1-4H3,(H,34,37)(H,35,38). The van der Waals surface area contributed by atoms with Gasteiger partial charge in [-0.05, 0) is 0 Å². The molecule has 0 aliphatic carbocycles. The van der Waals surface area contributed by atoms with E-state index in [0.29, 0.717) is 11.6 Å². The van der Waals surface area contributed by atoms with E-state index in [-0.39, 0.29) is 18.0 Å². The van der Waals surface area contributed by atoms with Gasteiger partial charge in [-0.2, -0.15) is 0 Å². The number of nitrogens with one attached hydrogen (secondary N) is 3. The molecule has 2 aromatic rings. The molecule has 1 fully saturated rings. The molecule has 3 aliphatic rings. The Kier molecular flexibility index (Phi) is 8.16. The summed E-state index contributed by atoms with van der Waals surface area (Å²) in [5.74, 6) is -0.112. The predicted molar refractivity (Wildman–Crippen MR) is 164 cm³/mol. The molecular formula is C31H37IN4O2. The van der Waals surface area contributed by atoms with Crippen molar-refractivity contribution >= 4 is 31.3 Å².